The van der Waals surface area contributed by atoms with Gasteiger partial charge in [-0.25, -0.2) is 9.50 Å². The fourth-order valence-electron chi connectivity index (χ4n) is 2.59. The zero-order chi connectivity index (χ0) is 18.9. The van der Waals surface area contributed by atoms with E-state index in [1.807, 2.05) is 0 Å². The number of amides is 1. The van der Waals surface area contributed by atoms with Crippen molar-refractivity contribution in [3.05, 3.63) is 47.3 Å². The van der Waals surface area contributed by atoms with Gasteiger partial charge in [-0.05, 0) is 38.0 Å². The van der Waals surface area contributed by atoms with Gasteiger partial charge in [-0.2, -0.15) is 18.2 Å². The highest BCUT2D eigenvalue weighted by Gasteiger charge is 2.36. The number of hydrogen-bond donors (Lipinski definition) is 1. The topological polar surface area (TPSA) is 85.1 Å². The molecule has 0 saturated carbocycles. The minimum atomic E-state index is -4.64. The molecule has 0 saturated heterocycles. The summed E-state index contributed by atoms with van der Waals surface area (Å²) in [4.78, 5) is 23.5. The summed E-state index contributed by atoms with van der Waals surface area (Å²) in [6.07, 6.45) is -1.07. The molecule has 1 N–H and O–H groups in total. The number of rotatable bonds is 4. The van der Waals surface area contributed by atoms with E-state index in [0.29, 0.717) is 29.1 Å². The molecule has 0 spiro atoms. The molecule has 0 aliphatic carbocycles. The predicted octanol–water partition coefficient (Wildman–Crippen LogP) is 2.73. The summed E-state index contributed by atoms with van der Waals surface area (Å²) < 4.78 is 39.4. The van der Waals surface area contributed by atoms with Gasteiger partial charge in [0, 0.05) is 24.0 Å². The number of carbonyl (C=O) groups excluding carboxylic acids is 1. The molecule has 0 bridgehead atoms. The Hall–Kier alpha value is -3.04. The van der Waals surface area contributed by atoms with Crippen molar-refractivity contribution in [1.29, 1.82) is 0 Å². The number of alkyl halides is 3. The van der Waals surface area contributed by atoms with Crippen LogP contribution in [-0.2, 0) is 17.4 Å². The monoisotopic (exact) mass is 364 g/mol. The highest BCUT2D eigenvalue weighted by atomic mass is 19.4. The third kappa shape index (κ3) is 3.63. The second-order valence-electron chi connectivity index (χ2n) is 5.70. The van der Waals surface area contributed by atoms with Crippen LogP contribution in [-0.4, -0.2) is 30.5 Å². The highest BCUT2D eigenvalue weighted by Crippen LogP contribution is 2.27. The molecule has 26 heavy (non-hydrogen) atoms. The molecule has 3 heterocycles. The highest BCUT2D eigenvalue weighted by molar-refractivity contribution is 5.90. The number of nitrogens with zero attached hydrogens (tertiary/aromatic N) is 5. The Morgan fingerprint density at radius 1 is 1.27 bits per heavy atom. The average Bonchev–Trinajstić information content (AvgIpc) is 3.00. The first-order chi connectivity index (χ1) is 12.3. The lowest BCUT2D eigenvalue weighted by Gasteiger charge is -2.10. The van der Waals surface area contributed by atoms with Crippen molar-refractivity contribution in [3.8, 4) is 0 Å². The Balaban J connectivity index is 1.80. The van der Waals surface area contributed by atoms with Gasteiger partial charge in [0.1, 0.15) is 0 Å². The molecule has 0 atom stereocenters. The number of halogens is 3. The van der Waals surface area contributed by atoms with Crippen molar-refractivity contribution in [2.24, 2.45) is 0 Å². The van der Waals surface area contributed by atoms with Crippen LogP contribution >= 0.6 is 0 Å². The van der Waals surface area contributed by atoms with Gasteiger partial charge in [-0.15, -0.1) is 5.10 Å². The number of hydrogen-bond acceptors (Lipinski definition) is 5. The molecule has 136 valence electrons. The maximum absolute atomic E-state index is 12.8. The lowest BCUT2D eigenvalue weighted by Crippen LogP contribution is -2.14. The standard InChI is InChI=1S/C16H15F3N6O/c1-9-12(5-6-13(26)22-11-4-3-7-20-8-11)10(2)25-15(21-9)23-14(24-25)16(17,18)19/h3-4,7-8H,5-6H2,1-2H3,(H,22,26). The molecule has 0 aliphatic heterocycles. The second kappa shape index (κ2) is 6.70. The fourth-order valence-corrected chi connectivity index (χ4v) is 2.59. The van der Waals surface area contributed by atoms with E-state index < -0.39 is 12.0 Å². The van der Waals surface area contributed by atoms with Gasteiger partial charge in [0.15, 0.2) is 0 Å². The van der Waals surface area contributed by atoms with E-state index in [1.165, 1.54) is 6.20 Å². The number of carbonyl (C=O) groups is 1. The normalized spacial score (nSPS) is 11.7. The molecule has 0 fully saturated rings. The summed E-state index contributed by atoms with van der Waals surface area (Å²) in [5.74, 6) is -1.58. The summed E-state index contributed by atoms with van der Waals surface area (Å²) in [6, 6.07) is 3.41. The van der Waals surface area contributed by atoms with Crippen LogP contribution in [0.25, 0.3) is 5.78 Å². The van der Waals surface area contributed by atoms with E-state index in [1.54, 1.807) is 32.2 Å². The summed E-state index contributed by atoms with van der Waals surface area (Å²) in [6.45, 7) is 3.30. The Morgan fingerprint density at radius 3 is 2.69 bits per heavy atom. The molecule has 0 radical (unpaired) electrons. The van der Waals surface area contributed by atoms with Crippen LogP contribution in [0.2, 0.25) is 0 Å². The summed E-state index contributed by atoms with van der Waals surface area (Å²) in [5.41, 5.74) is 2.23. The number of aromatic nitrogens is 5. The van der Waals surface area contributed by atoms with E-state index >= 15 is 0 Å². The number of nitrogens with one attached hydrogen (secondary N) is 1. The van der Waals surface area contributed by atoms with E-state index in [4.69, 9.17) is 0 Å². The summed E-state index contributed by atoms with van der Waals surface area (Å²) >= 11 is 0. The smallest absolute Gasteiger partial charge is 0.325 e. The lowest BCUT2D eigenvalue weighted by atomic mass is 10.1. The summed E-state index contributed by atoms with van der Waals surface area (Å²) in [7, 11) is 0. The van der Waals surface area contributed by atoms with Crippen LogP contribution < -0.4 is 5.32 Å². The molecule has 3 aromatic rings. The first-order valence-corrected chi connectivity index (χ1v) is 7.75. The zero-order valence-electron chi connectivity index (χ0n) is 14.0. The number of fused-ring (bicyclic) bond motifs is 1. The minimum absolute atomic E-state index is 0.115. The van der Waals surface area contributed by atoms with Crippen molar-refractivity contribution >= 4 is 17.4 Å². The maximum Gasteiger partial charge on any atom is 0.453 e. The number of pyridine rings is 1. The van der Waals surface area contributed by atoms with Crippen molar-refractivity contribution in [2.75, 3.05) is 5.32 Å². The van der Waals surface area contributed by atoms with Crippen LogP contribution in [0.1, 0.15) is 29.2 Å². The first-order valence-electron chi connectivity index (χ1n) is 7.75. The van der Waals surface area contributed by atoms with E-state index in [9.17, 15) is 18.0 Å². The van der Waals surface area contributed by atoms with Crippen molar-refractivity contribution in [1.82, 2.24) is 24.6 Å². The molecule has 7 nitrogen and oxygen atoms in total. The molecular formula is C16H15F3N6O. The van der Waals surface area contributed by atoms with Gasteiger partial charge in [0.05, 0.1) is 11.9 Å². The molecule has 0 unspecified atom stereocenters. The van der Waals surface area contributed by atoms with E-state index in [2.05, 4.69) is 25.4 Å². The zero-order valence-corrected chi connectivity index (χ0v) is 14.0. The Morgan fingerprint density at radius 2 is 2.04 bits per heavy atom. The Labute approximate surface area is 146 Å². The SMILES string of the molecule is Cc1nc2nc(C(F)(F)F)nn2c(C)c1CCC(=O)Nc1cccnc1. The van der Waals surface area contributed by atoms with Crippen LogP contribution in [0.15, 0.2) is 24.5 Å². The summed E-state index contributed by atoms with van der Waals surface area (Å²) in [5, 5.41) is 6.20. The van der Waals surface area contributed by atoms with Crippen LogP contribution in [0.5, 0.6) is 0 Å². The van der Waals surface area contributed by atoms with Gasteiger partial charge in [0.25, 0.3) is 11.6 Å². The second-order valence-corrected chi connectivity index (χ2v) is 5.70. The van der Waals surface area contributed by atoms with Gasteiger partial charge >= 0.3 is 6.18 Å². The quantitative estimate of drug-likeness (QED) is 0.769. The molecule has 3 rings (SSSR count). The van der Waals surface area contributed by atoms with Crippen molar-refractivity contribution in [2.45, 2.75) is 32.9 Å². The molecule has 10 heteroatoms. The van der Waals surface area contributed by atoms with Crippen LogP contribution in [0.3, 0.4) is 0 Å². The molecule has 0 aliphatic rings. The van der Waals surface area contributed by atoms with Crippen molar-refractivity contribution < 1.29 is 18.0 Å². The first kappa shape index (κ1) is 17.8. The van der Waals surface area contributed by atoms with Gasteiger partial charge in [-0.3, -0.25) is 9.78 Å². The third-order valence-electron chi connectivity index (χ3n) is 3.85. The molecule has 3 aromatic heterocycles. The average molecular weight is 364 g/mol. The third-order valence-corrected chi connectivity index (χ3v) is 3.85. The molecule has 0 aromatic carbocycles. The fraction of sp³-hybridized carbons (Fsp3) is 0.312. The predicted molar refractivity (Wildman–Crippen MR) is 86.4 cm³/mol. The van der Waals surface area contributed by atoms with E-state index in [0.717, 1.165) is 4.52 Å². The number of aryl methyl sites for hydroxylation is 2. The minimum Gasteiger partial charge on any atom is -0.325 e. The van der Waals surface area contributed by atoms with Gasteiger partial charge < -0.3 is 5.32 Å². The Kier molecular flexibility index (Phi) is 4.58. The van der Waals surface area contributed by atoms with Gasteiger partial charge in [0.2, 0.25) is 5.91 Å². The largest absolute Gasteiger partial charge is 0.453 e. The van der Waals surface area contributed by atoms with Gasteiger partial charge in [-0.1, -0.05) is 0 Å². The van der Waals surface area contributed by atoms with Crippen LogP contribution in [0.4, 0.5) is 18.9 Å². The lowest BCUT2D eigenvalue weighted by molar-refractivity contribution is -0.144. The maximum atomic E-state index is 12.8. The Bertz CT molecular complexity index is 952. The van der Waals surface area contributed by atoms with Crippen LogP contribution in [0, 0.1) is 13.8 Å². The molecule has 1 amide bonds. The van der Waals surface area contributed by atoms with E-state index in [-0.39, 0.29) is 18.1 Å². The van der Waals surface area contributed by atoms with Crippen molar-refractivity contribution in [3.63, 3.8) is 0 Å². The molecular weight excluding hydrogens is 349 g/mol. The number of anilines is 1.